The Morgan fingerprint density at radius 3 is 2.62 bits per heavy atom. The van der Waals surface area contributed by atoms with Gasteiger partial charge in [0, 0.05) is 50.1 Å². The zero-order valence-electron chi connectivity index (χ0n) is 17.9. The summed E-state index contributed by atoms with van der Waals surface area (Å²) >= 11 is 0. The van der Waals surface area contributed by atoms with Gasteiger partial charge in [0.15, 0.2) is 0 Å². The summed E-state index contributed by atoms with van der Waals surface area (Å²) in [5.74, 6) is -0.280. The molecule has 0 bridgehead atoms. The molecule has 0 unspecified atom stereocenters. The third-order valence-corrected chi connectivity index (χ3v) is 5.41. The molecule has 1 aliphatic heterocycles. The number of nitrogens with zero attached hydrogens (tertiary/aromatic N) is 5. The predicted molar refractivity (Wildman–Crippen MR) is 120 cm³/mol. The van der Waals surface area contributed by atoms with E-state index in [9.17, 15) is 14.9 Å². The van der Waals surface area contributed by atoms with Crippen LogP contribution in [0.4, 0.5) is 11.4 Å². The average molecular weight is 435 g/mol. The third kappa shape index (κ3) is 4.94. The van der Waals surface area contributed by atoms with Gasteiger partial charge in [-0.15, -0.1) is 0 Å². The Bertz CT molecular complexity index is 1090. The standard InChI is InChI=1S/C23H25N5O4/c1-25(15-19-14-24-27(17-19)16-18-5-3-2-4-6-18)23(29)20-7-8-21(22(13-20)28(30)31)26-9-11-32-12-10-26/h2-8,13-14,17H,9-12,15-16H2,1H3. The molecule has 2 aromatic carbocycles. The molecule has 0 saturated carbocycles. The van der Waals surface area contributed by atoms with Crippen molar-refractivity contribution in [2.45, 2.75) is 13.1 Å². The Balaban J connectivity index is 1.45. The molecule has 9 heteroatoms. The van der Waals surface area contributed by atoms with Crippen molar-refractivity contribution in [2.24, 2.45) is 0 Å². The highest BCUT2D eigenvalue weighted by Gasteiger charge is 2.24. The van der Waals surface area contributed by atoms with Crippen molar-refractivity contribution < 1.29 is 14.5 Å². The van der Waals surface area contributed by atoms with Crippen LogP contribution in [0, 0.1) is 10.1 Å². The van der Waals surface area contributed by atoms with E-state index in [2.05, 4.69) is 5.10 Å². The maximum Gasteiger partial charge on any atom is 0.293 e. The summed E-state index contributed by atoms with van der Waals surface area (Å²) in [5.41, 5.74) is 2.75. The normalized spacial score (nSPS) is 13.7. The highest BCUT2D eigenvalue weighted by atomic mass is 16.6. The molecular weight excluding hydrogens is 410 g/mol. The molecule has 1 fully saturated rings. The number of hydrogen-bond acceptors (Lipinski definition) is 6. The number of carbonyl (C=O) groups excluding carboxylic acids is 1. The molecule has 0 spiro atoms. The van der Waals surface area contributed by atoms with Gasteiger partial charge in [0.05, 0.1) is 30.9 Å². The largest absolute Gasteiger partial charge is 0.378 e. The van der Waals surface area contributed by atoms with Gasteiger partial charge in [0.2, 0.25) is 0 Å². The van der Waals surface area contributed by atoms with E-state index in [0.29, 0.717) is 45.1 Å². The topological polar surface area (TPSA) is 93.7 Å². The van der Waals surface area contributed by atoms with Crippen LogP contribution in [0.5, 0.6) is 0 Å². The monoisotopic (exact) mass is 435 g/mol. The Kier molecular flexibility index (Phi) is 6.46. The van der Waals surface area contributed by atoms with E-state index in [0.717, 1.165) is 11.1 Å². The van der Waals surface area contributed by atoms with Crippen LogP contribution in [0.25, 0.3) is 0 Å². The van der Waals surface area contributed by atoms with E-state index in [1.54, 1.807) is 25.4 Å². The molecule has 3 aromatic rings. The molecule has 32 heavy (non-hydrogen) atoms. The van der Waals surface area contributed by atoms with Crippen LogP contribution in [0.3, 0.4) is 0 Å². The van der Waals surface area contributed by atoms with Crippen LogP contribution >= 0.6 is 0 Å². The van der Waals surface area contributed by atoms with E-state index < -0.39 is 4.92 Å². The summed E-state index contributed by atoms with van der Waals surface area (Å²) < 4.78 is 7.15. The molecule has 0 radical (unpaired) electrons. The number of rotatable bonds is 7. The quantitative estimate of drug-likeness (QED) is 0.418. The minimum absolute atomic E-state index is 0.0677. The number of benzene rings is 2. The molecule has 1 aliphatic rings. The zero-order chi connectivity index (χ0) is 22.5. The van der Waals surface area contributed by atoms with Crippen LogP contribution in [0.1, 0.15) is 21.5 Å². The number of amides is 1. The van der Waals surface area contributed by atoms with Crippen molar-refractivity contribution in [2.75, 3.05) is 38.3 Å². The number of morpholine rings is 1. The van der Waals surface area contributed by atoms with E-state index in [4.69, 9.17) is 4.74 Å². The highest BCUT2D eigenvalue weighted by molar-refractivity contribution is 5.95. The van der Waals surface area contributed by atoms with Crippen LogP contribution in [-0.4, -0.2) is 58.9 Å². The van der Waals surface area contributed by atoms with Gasteiger partial charge in [-0.1, -0.05) is 30.3 Å². The SMILES string of the molecule is CN(Cc1cnn(Cc2ccccc2)c1)C(=O)c1ccc(N2CCOCC2)c([N+](=O)[O-])c1. The predicted octanol–water partition coefficient (Wildman–Crippen LogP) is 2.95. The minimum Gasteiger partial charge on any atom is -0.378 e. The van der Waals surface area contributed by atoms with Crippen molar-refractivity contribution >= 4 is 17.3 Å². The van der Waals surface area contributed by atoms with Crippen molar-refractivity contribution in [1.82, 2.24) is 14.7 Å². The van der Waals surface area contributed by atoms with Crippen molar-refractivity contribution in [1.29, 1.82) is 0 Å². The number of hydrogen-bond donors (Lipinski definition) is 0. The van der Waals surface area contributed by atoms with Crippen LogP contribution in [-0.2, 0) is 17.8 Å². The second-order valence-corrected chi connectivity index (χ2v) is 7.75. The summed E-state index contributed by atoms with van der Waals surface area (Å²) in [6.45, 7) is 3.22. The fraction of sp³-hybridized carbons (Fsp3) is 0.304. The number of anilines is 1. The maximum absolute atomic E-state index is 13.0. The average Bonchev–Trinajstić information content (AvgIpc) is 3.25. The summed E-state index contributed by atoms with van der Waals surface area (Å²) in [6.07, 6.45) is 3.64. The van der Waals surface area contributed by atoms with E-state index in [-0.39, 0.29) is 17.2 Å². The van der Waals surface area contributed by atoms with Crippen LogP contribution in [0.15, 0.2) is 60.9 Å². The van der Waals surface area contributed by atoms with E-state index in [1.807, 2.05) is 46.1 Å². The molecule has 1 amide bonds. The molecule has 1 aromatic heterocycles. The van der Waals surface area contributed by atoms with Gasteiger partial charge in [-0.25, -0.2) is 0 Å². The van der Waals surface area contributed by atoms with Gasteiger partial charge in [0.1, 0.15) is 5.69 Å². The van der Waals surface area contributed by atoms with Gasteiger partial charge >= 0.3 is 0 Å². The molecule has 166 valence electrons. The molecule has 2 heterocycles. The lowest BCUT2D eigenvalue weighted by molar-refractivity contribution is -0.384. The van der Waals surface area contributed by atoms with Gasteiger partial charge in [-0.05, 0) is 17.7 Å². The number of aromatic nitrogens is 2. The minimum atomic E-state index is -0.435. The first-order valence-electron chi connectivity index (χ1n) is 10.4. The molecule has 0 aliphatic carbocycles. The Hall–Kier alpha value is -3.72. The zero-order valence-corrected chi connectivity index (χ0v) is 17.9. The first-order valence-corrected chi connectivity index (χ1v) is 10.4. The summed E-state index contributed by atoms with van der Waals surface area (Å²) in [6, 6.07) is 14.7. The van der Waals surface area contributed by atoms with Gasteiger partial charge in [-0.3, -0.25) is 19.6 Å². The lowest BCUT2D eigenvalue weighted by Gasteiger charge is -2.28. The summed E-state index contributed by atoms with van der Waals surface area (Å²) in [4.78, 5) is 27.6. The van der Waals surface area contributed by atoms with Gasteiger partial charge < -0.3 is 14.5 Å². The van der Waals surface area contributed by atoms with Gasteiger partial charge in [-0.2, -0.15) is 5.10 Å². The van der Waals surface area contributed by atoms with Crippen LogP contribution in [0.2, 0.25) is 0 Å². The fourth-order valence-corrected chi connectivity index (χ4v) is 3.79. The number of carbonyl (C=O) groups is 1. The molecule has 4 rings (SSSR count). The van der Waals surface area contributed by atoms with Crippen molar-refractivity contribution in [3.63, 3.8) is 0 Å². The Morgan fingerprint density at radius 2 is 1.91 bits per heavy atom. The number of ether oxygens (including phenoxy) is 1. The van der Waals surface area contributed by atoms with E-state index in [1.165, 1.54) is 11.0 Å². The fourth-order valence-electron chi connectivity index (χ4n) is 3.79. The highest BCUT2D eigenvalue weighted by Crippen LogP contribution is 2.30. The first-order chi connectivity index (χ1) is 15.5. The maximum atomic E-state index is 13.0. The Labute approximate surface area is 186 Å². The number of nitro benzene ring substituents is 1. The molecular formula is C23H25N5O4. The van der Waals surface area contributed by atoms with Crippen molar-refractivity contribution in [3.8, 4) is 0 Å². The second-order valence-electron chi connectivity index (χ2n) is 7.75. The first kappa shape index (κ1) is 21.5. The third-order valence-electron chi connectivity index (χ3n) is 5.41. The number of nitro groups is 1. The van der Waals surface area contributed by atoms with Gasteiger partial charge in [0.25, 0.3) is 11.6 Å². The Morgan fingerprint density at radius 1 is 1.16 bits per heavy atom. The molecule has 0 N–H and O–H groups in total. The lowest BCUT2D eigenvalue weighted by Crippen LogP contribution is -2.36. The van der Waals surface area contributed by atoms with Crippen molar-refractivity contribution in [3.05, 3.63) is 87.7 Å². The molecule has 0 atom stereocenters. The van der Waals surface area contributed by atoms with Crippen LogP contribution < -0.4 is 4.90 Å². The van der Waals surface area contributed by atoms with E-state index >= 15 is 0 Å². The summed E-state index contributed by atoms with van der Waals surface area (Å²) in [7, 11) is 1.68. The lowest BCUT2D eigenvalue weighted by atomic mass is 10.1. The second kappa shape index (κ2) is 9.61. The molecule has 9 nitrogen and oxygen atoms in total. The smallest absolute Gasteiger partial charge is 0.293 e. The molecule has 1 saturated heterocycles. The summed E-state index contributed by atoms with van der Waals surface area (Å²) in [5, 5.41) is 16.0.